The van der Waals surface area contributed by atoms with Gasteiger partial charge in [0.2, 0.25) is 0 Å². The lowest BCUT2D eigenvalue weighted by Gasteiger charge is -2.11. The Morgan fingerprint density at radius 2 is 2.00 bits per heavy atom. The molecule has 0 bridgehead atoms. The third-order valence-corrected chi connectivity index (χ3v) is 2.97. The van der Waals surface area contributed by atoms with Crippen molar-refractivity contribution in [3.63, 3.8) is 0 Å². The summed E-state index contributed by atoms with van der Waals surface area (Å²) in [7, 11) is 0. The quantitative estimate of drug-likeness (QED) is 0.762. The van der Waals surface area contributed by atoms with E-state index in [0.717, 1.165) is 16.9 Å². The highest BCUT2D eigenvalue weighted by atomic mass is 16.3. The summed E-state index contributed by atoms with van der Waals surface area (Å²) in [6.45, 7) is 0.625. The first-order chi connectivity index (χ1) is 9.83. The Hall–Kier alpha value is -2.82. The fourth-order valence-electron chi connectivity index (χ4n) is 2.02. The maximum Gasteiger partial charge on any atom is 0.115 e. The third kappa shape index (κ3) is 2.61. The third-order valence-electron chi connectivity index (χ3n) is 2.97. The normalized spacial score (nSPS) is 10.4. The van der Waals surface area contributed by atoms with Crippen LogP contribution in [0.4, 0.5) is 5.69 Å². The van der Waals surface area contributed by atoms with E-state index in [4.69, 9.17) is 0 Å². The average molecular weight is 266 g/mol. The highest BCUT2D eigenvalue weighted by molar-refractivity contribution is 5.60. The van der Waals surface area contributed by atoms with E-state index < -0.39 is 0 Å². The van der Waals surface area contributed by atoms with Crippen molar-refractivity contribution in [3.05, 3.63) is 66.5 Å². The standard InChI is InChI=1S/C15H14N4O/c20-13-5-3-4-12(10-13)11-16-14-6-1-2-7-15(14)19-9-8-17-18-19/h1-10,16,20H,11H2. The number of nitrogens with one attached hydrogen (secondary N) is 1. The van der Waals surface area contributed by atoms with Crippen LogP contribution in [0.5, 0.6) is 5.75 Å². The van der Waals surface area contributed by atoms with Gasteiger partial charge in [0.1, 0.15) is 5.75 Å². The number of phenolic OH excluding ortho intramolecular Hbond substituents is 1. The summed E-state index contributed by atoms with van der Waals surface area (Å²) in [6.07, 6.45) is 3.45. The largest absolute Gasteiger partial charge is 0.508 e. The molecule has 0 fully saturated rings. The molecular formula is C15H14N4O. The first kappa shape index (κ1) is 12.2. The molecule has 5 heteroatoms. The Labute approximate surface area is 116 Å². The zero-order valence-electron chi connectivity index (χ0n) is 10.8. The average Bonchev–Trinajstić information content (AvgIpc) is 3.00. The van der Waals surface area contributed by atoms with Crippen molar-refractivity contribution in [2.75, 3.05) is 5.32 Å². The summed E-state index contributed by atoms with van der Waals surface area (Å²) in [5.74, 6) is 0.272. The lowest BCUT2D eigenvalue weighted by Crippen LogP contribution is -2.04. The van der Waals surface area contributed by atoms with E-state index in [1.807, 2.05) is 36.4 Å². The van der Waals surface area contributed by atoms with Crippen LogP contribution >= 0.6 is 0 Å². The van der Waals surface area contributed by atoms with Crippen LogP contribution in [0.2, 0.25) is 0 Å². The second kappa shape index (κ2) is 5.44. The van der Waals surface area contributed by atoms with Crippen LogP contribution in [-0.2, 0) is 6.54 Å². The van der Waals surface area contributed by atoms with Gasteiger partial charge in [0.25, 0.3) is 0 Å². The molecule has 0 saturated carbocycles. The number of phenols is 1. The number of para-hydroxylation sites is 2. The highest BCUT2D eigenvalue weighted by Crippen LogP contribution is 2.20. The number of nitrogens with zero attached hydrogens (tertiary/aromatic N) is 3. The van der Waals surface area contributed by atoms with Crippen molar-refractivity contribution in [2.45, 2.75) is 6.54 Å². The van der Waals surface area contributed by atoms with E-state index in [2.05, 4.69) is 15.6 Å². The van der Waals surface area contributed by atoms with Crippen molar-refractivity contribution in [1.82, 2.24) is 15.0 Å². The number of aromatic hydroxyl groups is 1. The summed E-state index contributed by atoms with van der Waals surface area (Å²) < 4.78 is 1.71. The molecule has 2 aromatic carbocycles. The number of rotatable bonds is 4. The van der Waals surface area contributed by atoms with Gasteiger partial charge in [-0.25, -0.2) is 4.68 Å². The summed E-state index contributed by atoms with van der Waals surface area (Å²) in [4.78, 5) is 0. The van der Waals surface area contributed by atoms with E-state index in [9.17, 15) is 5.11 Å². The van der Waals surface area contributed by atoms with Crippen LogP contribution in [0.15, 0.2) is 60.9 Å². The fourth-order valence-corrected chi connectivity index (χ4v) is 2.02. The van der Waals surface area contributed by atoms with Gasteiger partial charge in [0, 0.05) is 6.54 Å². The van der Waals surface area contributed by atoms with Crippen LogP contribution in [0.25, 0.3) is 5.69 Å². The van der Waals surface area contributed by atoms with E-state index in [-0.39, 0.29) is 5.75 Å². The van der Waals surface area contributed by atoms with Crippen LogP contribution < -0.4 is 5.32 Å². The van der Waals surface area contributed by atoms with Crippen molar-refractivity contribution in [1.29, 1.82) is 0 Å². The van der Waals surface area contributed by atoms with Crippen LogP contribution in [0.1, 0.15) is 5.56 Å². The molecule has 0 amide bonds. The molecule has 1 aromatic heterocycles. The number of benzene rings is 2. The maximum absolute atomic E-state index is 9.46. The van der Waals surface area contributed by atoms with Gasteiger partial charge in [0.15, 0.2) is 0 Å². The molecule has 0 aliphatic heterocycles. The molecule has 20 heavy (non-hydrogen) atoms. The Balaban J connectivity index is 1.81. The molecule has 0 spiro atoms. The van der Waals surface area contributed by atoms with Gasteiger partial charge in [-0.3, -0.25) is 0 Å². The Kier molecular flexibility index (Phi) is 3.33. The second-order valence-corrected chi connectivity index (χ2v) is 4.39. The number of hydrogen-bond donors (Lipinski definition) is 2. The smallest absolute Gasteiger partial charge is 0.115 e. The zero-order valence-corrected chi connectivity index (χ0v) is 10.8. The van der Waals surface area contributed by atoms with E-state index in [1.54, 1.807) is 29.2 Å². The minimum absolute atomic E-state index is 0.272. The molecule has 3 aromatic rings. The fraction of sp³-hybridized carbons (Fsp3) is 0.0667. The molecule has 0 aliphatic carbocycles. The number of hydrogen-bond acceptors (Lipinski definition) is 4. The molecular weight excluding hydrogens is 252 g/mol. The maximum atomic E-state index is 9.46. The van der Waals surface area contributed by atoms with E-state index >= 15 is 0 Å². The van der Waals surface area contributed by atoms with Gasteiger partial charge in [-0.05, 0) is 29.8 Å². The van der Waals surface area contributed by atoms with Crippen molar-refractivity contribution < 1.29 is 5.11 Å². The first-order valence-electron chi connectivity index (χ1n) is 6.30. The summed E-state index contributed by atoms with van der Waals surface area (Å²) in [6, 6.07) is 15.1. The molecule has 1 heterocycles. The molecule has 0 atom stereocenters. The topological polar surface area (TPSA) is 63.0 Å². The minimum Gasteiger partial charge on any atom is -0.508 e. The molecule has 0 saturated heterocycles. The number of anilines is 1. The monoisotopic (exact) mass is 266 g/mol. The van der Waals surface area contributed by atoms with Gasteiger partial charge in [0.05, 0.1) is 23.8 Å². The van der Waals surface area contributed by atoms with Gasteiger partial charge in [-0.2, -0.15) is 0 Å². The predicted molar refractivity (Wildman–Crippen MR) is 76.8 cm³/mol. The van der Waals surface area contributed by atoms with Crippen LogP contribution in [0, 0.1) is 0 Å². The Morgan fingerprint density at radius 3 is 2.80 bits per heavy atom. The highest BCUT2D eigenvalue weighted by Gasteiger charge is 2.04. The van der Waals surface area contributed by atoms with Crippen molar-refractivity contribution >= 4 is 5.69 Å². The van der Waals surface area contributed by atoms with E-state index in [0.29, 0.717) is 6.54 Å². The molecule has 2 N–H and O–H groups in total. The van der Waals surface area contributed by atoms with Gasteiger partial charge in [-0.1, -0.05) is 29.5 Å². The summed E-state index contributed by atoms with van der Waals surface area (Å²) in [5.41, 5.74) is 2.91. The van der Waals surface area contributed by atoms with Crippen molar-refractivity contribution in [3.8, 4) is 11.4 Å². The first-order valence-corrected chi connectivity index (χ1v) is 6.30. The molecule has 100 valence electrons. The lowest BCUT2D eigenvalue weighted by molar-refractivity contribution is 0.474. The Bertz CT molecular complexity index is 695. The molecule has 0 radical (unpaired) electrons. The number of aromatic nitrogens is 3. The summed E-state index contributed by atoms with van der Waals surface area (Å²) >= 11 is 0. The molecule has 0 aliphatic rings. The molecule has 0 unspecified atom stereocenters. The minimum atomic E-state index is 0.272. The van der Waals surface area contributed by atoms with Crippen molar-refractivity contribution in [2.24, 2.45) is 0 Å². The Morgan fingerprint density at radius 1 is 1.10 bits per heavy atom. The SMILES string of the molecule is Oc1cccc(CNc2ccccc2-n2ccnn2)c1. The molecule has 3 rings (SSSR count). The molecule has 5 nitrogen and oxygen atoms in total. The van der Waals surface area contributed by atoms with E-state index in [1.165, 1.54) is 0 Å². The van der Waals surface area contributed by atoms with Gasteiger partial charge >= 0.3 is 0 Å². The van der Waals surface area contributed by atoms with Gasteiger partial charge in [-0.15, -0.1) is 5.10 Å². The lowest BCUT2D eigenvalue weighted by atomic mass is 10.2. The van der Waals surface area contributed by atoms with Crippen LogP contribution in [0.3, 0.4) is 0 Å². The summed E-state index contributed by atoms with van der Waals surface area (Å²) in [5, 5.41) is 20.6. The predicted octanol–water partition coefficient (Wildman–Crippen LogP) is 2.58. The zero-order chi connectivity index (χ0) is 13.8. The van der Waals surface area contributed by atoms with Crippen LogP contribution in [-0.4, -0.2) is 20.1 Å². The van der Waals surface area contributed by atoms with Gasteiger partial charge < -0.3 is 10.4 Å². The second-order valence-electron chi connectivity index (χ2n) is 4.39.